The molecule has 0 amide bonds. The van der Waals surface area contributed by atoms with E-state index in [4.69, 9.17) is 5.11 Å². The van der Waals surface area contributed by atoms with Crippen LogP contribution in [0.5, 0.6) is 0 Å². The minimum atomic E-state index is -1.15. The molecule has 1 unspecified atom stereocenters. The molecule has 0 saturated heterocycles. The first-order valence-corrected chi connectivity index (χ1v) is 5.39. The van der Waals surface area contributed by atoms with Crippen molar-refractivity contribution in [3.8, 4) is 0 Å². The van der Waals surface area contributed by atoms with Gasteiger partial charge in [-0.15, -0.1) is 0 Å². The zero-order valence-corrected chi connectivity index (χ0v) is 10.0. The van der Waals surface area contributed by atoms with Crippen LogP contribution in [0.3, 0.4) is 0 Å². The van der Waals surface area contributed by atoms with Crippen LogP contribution >= 0.6 is 15.9 Å². The number of rotatable bonds is 4. The van der Waals surface area contributed by atoms with Gasteiger partial charge in [-0.1, -0.05) is 22.9 Å². The second kappa shape index (κ2) is 5.25. The molecule has 0 saturated carbocycles. The van der Waals surface area contributed by atoms with Gasteiger partial charge >= 0.3 is 5.97 Å². The molecular weight excluding hydrogens is 284 g/mol. The predicted octanol–water partition coefficient (Wildman–Crippen LogP) is 3.00. The second-order valence-electron chi connectivity index (χ2n) is 3.19. The Balaban J connectivity index is 3.01. The Hall–Kier alpha value is -1.17. The molecule has 1 aromatic carbocycles. The Kier molecular flexibility index (Phi) is 4.23. The van der Waals surface area contributed by atoms with Crippen LogP contribution in [0.1, 0.15) is 13.3 Å². The van der Waals surface area contributed by atoms with Crippen LogP contribution in [0.25, 0.3) is 0 Å². The number of hydrogen-bond donors (Lipinski definition) is 2. The van der Waals surface area contributed by atoms with Gasteiger partial charge in [0.2, 0.25) is 0 Å². The van der Waals surface area contributed by atoms with Gasteiger partial charge in [-0.25, -0.2) is 13.6 Å². The summed E-state index contributed by atoms with van der Waals surface area (Å²) in [6, 6.07) is 1.13. The Bertz CT molecular complexity index is 389. The van der Waals surface area contributed by atoms with E-state index in [-0.39, 0.29) is 10.9 Å². The first kappa shape index (κ1) is 12.9. The SMILES string of the molecule is CCC(Nc1c(F)cc(Br)cc1F)C(=O)O. The van der Waals surface area contributed by atoms with E-state index >= 15 is 0 Å². The largest absolute Gasteiger partial charge is 0.480 e. The molecule has 1 atom stereocenters. The topological polar surface area (TPSA) is 49.3 Å². The number of carboxylic acid groups (broad SMARTS) is 1. The molecule has 2 N–H and O–H groups in total. The maximum Gasteiger partial charge on any atom is 0.326 e. The molecule has 16 heavy (non-hydrogen) atoms. The lowest BCUT2D eigenvalue weighted by Gasteiger charge is -2.15. The minimum Gasteiger partial charge on any atom is -0.480 e. The van der Waals surface area contributed by atoms with Crippen molar-refractivity contribution < 1.29 is 18.7 Å². The highest BCUT2D eigenvalue weighted by molar-refractivity contribution is 9.10. The molecule has 0 radical (unpaired) electrons. The van der Waals surface area contributed by atoms with Gasteiger partial charge in [0, 0.05) is 4.47 Å². The van der Waals surface area contributed by atoms with Crippen molar-refractivity contribution in [1.29, 1.82) is 0 Å². The lowest BCUT2D eigenvalue weighted by atomic mass is 10.2. The van der Waals surface area contributed by atoms with E-state index in [9.17, 15) is 13.6 Å². The molecule has 0 aliphatic carbocycles. The highest BCUT2D eigenvalue weighted by Crippen LogP contribution is 2.24. The first-order chi connectivity index (χ1) is 7.45. The molecule has 6 heteroatoms. The summed E-state index contributed by atoms with van der Waals surface area (Å²) in [6.07, 6.45) is 0.226. The quantitative estimate of drug-likeness (QED) is 0.897. The van der Waals surface area contributed by atoms with Crippen molar-refractivity contribution in [3.05, 3.63) is 28.2 Å². The van der Waals surface area contributed by atoms with E-state index in [1.165, 1.54) is 0 Å². The standard InChI is InChI=1S/C10H10BrF2NO2/c1-2-8(10(15)16)14-9-6(12)3-5(11)4-7(9)13/h3-4,8,14H,2H2,1H3,(H,15,16). The van der Waals surface area contributed by atoms with Crippen LogP contribution < -0.4 is 5.32 Å². The van der Waals surface area contributed by atoms with Gasteiger partial charge in [-0.05, 0) is 18.6 Å². The molecule has 0 fully saturated rings. The normalized spacial score (nSPS) is 12.2. The fraction of sp³-hybridized carbons (Fsp3) is 0.300. The molecule has 0 heterocycles. The average molecular weight is 294 g/mol. The van der Waals surface area contributed by atoms with E-state index in [0.717, 1.165) is 12.1 Å². The summed E-state index contributed by atoms with van der Waals surface area (Å²) in [6.45, 7) is 1.61. The van der Waals surface area contributed by atoms with Crippen molar-refractivity contribution in [2.45, 2.75) is 19.4 Å². The van der Waals surface area contributed by atoms with Gasteiger partial charge < -0.3 is 10.4 Å². The number of hydrogen-bond acceptors (Lipinski definition) is 2. The van der Waals surface area contributed by atoms with Crippen LogP contribution in [0.4, 0.5) is 14.5 Å². The summed E-state index contributed by atoms with van der Waals surface area (Å²) in [5.41, 5.74) is -0.419. The van der Waals surface area contributed by atoms with E-state index in [0.29, 0.717) is 0 Å². The number of nitrogens with one attached hydrogen (secondary N) is 1. The molecule has 1 aromatic rings. The Morgan fingerprint density at radius 1 is 1.50 bits per heavy atom. The molecule has 88 valence electrons. The predicted molar refractivity (Wildman–Crippen MR) is 59.4 cm³/mol. The fourth-order valence-corrected chi connectivity index (χ4v) is 1.59. The molecule has 1 rings (SSSR count). The first-order valence-electron chi connectivity index (χ1n) is 4.59. The molecule has 0 spiro atoms. The summed E-state index contributed by atoms with van der Waals surface area (Å²) >= 11 is 2.94. The van der Waals surface area contributed by atoms with E-state index in [1.807, 2.05) is 0 Å². The zero-order chi connectivity index (χ0) is 12.3. The van der Waals surface area contributed by atoms with Crippen molar-refractivity contribution in [3.63, 3.8) is 0 Å². The summed E-state index contributed by atoms with van der Waals surface area (Å²) < 4.78 is 27.0. The molecule has 0 aliphatic rings. The Labute approximate surface area is 99.6 Å². The van der Waals surface area contributed by atoms with Crippen molar-refractivity contribution in [1.82, 2.24) is 0 Å². The second-order valence-corrected chi connectivity index (χ2v) is 4.10. The third-order valence-electron chi connectivity index (χ3n) is 2.03. The van der Waals surface area contributed by atoms with Crippen LogP contribution in [-0.2, 0) is 4.79 Å². The van der Waals surface area contributed by atoms with Gasteiger partial charge in [0.1, 0.15) is 23.4 Å². The number of aliphatic carboxylic acids is 1. The summed E-state index contributed by atoms with van der Waals surface area (Å²) in [5.74, 6) is -2.80. The van der Waals surface area contributed by atoms with Crippen LogP contribution in [-0.4, -0.2) is 17.1 Å². The van der Waals surface area contributed by atoms with Crippen molar-refractivity contribution in [2.75, 3.05) is 5.32 Å². The van der Waals surface area contributed by atoms with Gasteiger partial charge in [-0.3, -0.25) is 0 Å². The van der Waals surface area contributed by atoms with E-state index < -0.39 is 29.3 Å². The number of carbonyl (C=O) groups is 1. The smallest absolute Gasteiger partial charge is 0.326 e. The highest BCUT2D eigenvalue weighted by Gasteiger charge is 2.19. The van der Waals surface area contributed by atoms with Gasteiger partial charge in [0.15, 0.2) is 0 Å². The minimum absolute atomic E-state index is 0.226. The Morgan fingerprint density at radius 3 is 2.38 bits per heavy atom. The summed E-state index contributed by atoms with van der Waals surface area (Å²) in [5, 5.41) is 11.1. The molecule has 3 nitrogen and oxygen atoms in total. The van der Waals surface area contributed by atoms with Crippen LogP contribution in [0.2, 0.25) is 0 Å². The number of benzene rings is 1. The number of carboxylic acids is 1. The molecule has 0 bridgehead atoms. The lowest BCUT2D eigenvalue weighted by molar-refractivity contribution is -0.137. The number of anilines is 1. The monoisotopic (exact) mass is 293 g/mol. The van der Waals surface area contributed by atoms with E-state index in [2.05, 4.69) is 21.2 Å². The zero-order valence-electron chi connectivity index (χ0n) is 8.43. The maximum absolute atomic E-state index is 13.3. The third kappa shape index (κ3) is 2.91. The van der Waals surface area contributed by atoms with Gasteiger partial charge in [0.25, 0.3) is 0 Å². The fourth-order valence-electron chi connectivity index (χ4n) is 1.19. The third-order valence-corrected chi connectivity index (χ3v) is 2.49. The van der Waals surface area contributed by atoms with Crippen molar-refractivity contribution in [2.24, 2.45) is 0 Å². The maximum atomic E-state index is 13.3. The summed E-state index contributed by atoms with van der Waals surface area (Å²) in [4.78, 5) is 10.7. The Morgan fingerprint density at radius 2 is 2.00 bits per heavy atom. The summed E-state index contributed by atoms with van der Waals surface area (Å²) in [7, 11) is 0. The van der Waals surface area contributed by atoms with Gasteiger partial charge in [0.05, 0.1) is 0 Å². The van der Waals surface area contributed by atoms with Gasteiger partial charge in [-0.2, -0.15) is 0 Å². The van der Waals surface area contributed by atoms with Crippen LogP contribution in [0.15, 0.2) is 16.6 Å². The molecule has 0 aromatic heterocycles. The molecular formula is C10H10BrF2NO2. The van der Waals surface area contributed by atoms with E-state index in [1.54, 1.807) is 6.92 Å². The van der Waals surface area contributed by atoms with Crippen molar-refractivity contribution >= 4 is 27.6 Å². The van der Waals surface area contributed by atoms with Crippen LogP contribution in [0, 0.1) is 11.6 Å². The average Bonchev–Trinajstić information content (AvgIpc) is 2.15. The highest BCUT2D eigenvalue weighted by atomic mass is 79.9. The number of halogens is 3. The lowest BCUT2D eigenvalue weighted by Crippen LogP contribution is -2.29. The molecule has 0 aliphatic heterocycles.